The number of nitrogens with one attached hydrogen (secondary N) is 1. The molecule has 2 aliphatic heterocycles. The molecular formula is C9H16N2O2. The zero-order valence-electron chi connectivity index (χ0n) is 7.95. The van der Waals surface area contributed by atoms with Crippen molar-refractivity contribution in [3.8, 4) is 0 Å². The van der Waals surface area contributed by atoms with Gasteiger partial charge in [-0.2, -0.15) is 0 Å². The molecule has 1 atom stereocenters. The number of ether oxygens (including phenoxy) is 1. The first-order valence-corrected chi connectivity index (χ1v) is 4.84. The Morgan fingerprint density at radius 2 is 2.31 bits per heavy atom. The molecule has 13 heavy (non-hydrogen) atoms. The van der Waals surface area contributed by atoms with Crippen molar-refractivity contribution in [1.82, 2.24) is 10.2 Å². The van der Waals surface area contributed by atoms with Crippen molar-refractivity contribution in [2.75, 3.05) is 33.3 Å². The molecule has 0 aromatic carbocycles. The van der Waals surface area contributed by atoms with Crippen molar-refractivity contribution in [2.24, 2.45) is 5.92 Å². The zero-order chi connectivity index (χ0) is 9.26. The summed E-state index contributed by atoms with van der Waals surface area (Å²) in [4.78, 5) is 13.5. The molecule has 0 radical (unpaired) electrons. The molecule has 2 aliphatic rings. The van der Waals surface area contributed by atoms with Gasteiger partial charge < -0.3 is 10.1 Å². The number of likely N-dealkylation sites (tertiary alicyclic amines) is 1. The molecule has 0 aliphatic carbocycles. The molecule has 2 rings (SSSR count). The van der Waals surface area contributed by atoms with E-state index in [9.17, 15) is 4.79 Å². The van der Waals surface area contributed by atoms with Crippen LogP contribution in [0.4, 0.5) is 0 Å². The average molecular weight is 184 g/mol. The summed E-state index contributed by atoms with van der Waals surface area (Å²) in [6.07, 6.45) is 1.22. The van der Waals surface area contributed by atoms with Gasteiger partial charge in [0.15, 0.2) is 0 Å². The number of carbonyl (C=O) groups excluding carboxylic acids is 1. The van der Waals surface area contributed by atoms with Crippen LogP contribution in [0.3, 0.4) is 0 Å². The standard InChI is InChI=1S/C9H16N2O2/c1-13-9(12)7-5-11(6-7)8-2-3-10-4-8/h7-8,10H,2-6H2,1H3/t8-/m1/s1. The van der Waals surface area contributed by atoms with Crippen molar-refractivity contribution in [3.63, 3.8) is 0 Å². The van der Waals surface area contributed by atoms with E-state index in [2.05, 4.69) is 15.0 Å². The van der Waals surface area contributed by atoms with Crippen LogP contribution in [0.5, 0.6) is 0 Å². The van der Waals surface area contributed by atoms with E-state index in [4.69, 9.17) is 0 Å². The Morgan fingerprint density at radius 1 is 1.54 bits per heavy atom. The first-order chi connectivity index (χ1) is 6.31. The van der Waals surface area contributed by atoms with E-state index in [-0.39, 0.29) is 11.9 Å². The third kappa shape index (κ3) is 1.69. The third-order valence-corrected chi connectivity index (χ3v) is 3.00. The van der Waals surface area contributed by atoms with Crippen LogP contribution in [-0.2, 0) is 9.53 Å². The molecular weight excluding hydrogens is 168 g/mol. The van der Waals surface area contributed by atoms with Crippen LogP contribution in [0.25, 0.3) is 0 Å². The minimum Gasteiger partial charge on any atom is -0.469 e. The number of nitrogens with zero attached hydrogens (tertiary/aromatic N) is 1. The molecule has 2 fully saturated rings. The Hall–Kier alpha value is -0.610. The summed E-state index contributed by atoms with van der Waals surface area (Å²) < 4.78 is 4.68. The number of hydrogen-bond donors (Lipinski definition) is 1. The zero-order valence-corrected chi connectivity index (χ0v) is 7.95. The van der Waals surface area contributed by atoms with E-state index >= 15 is 0 Å². The maximum absolute atomic E-state index is 11.1. The molecule has 4 heteroatoms. The fourth-order valence-corrected chi connectivity index (χ4v) is 2.08. The van der Waals surface area contributed by atoms with Crippen LogP contribution in [0, 0.1) is 5.92 Å². The predicted molar refractivity (Wildman–Crippen MR) is 48.4 cm³/mol. The van der Waals surface area contributed by atoms with Crippen LogP contribution in [0.15, 0.2) is 0 Å². The van der Waals surface area contributed by atoms with Gasteiger partial charge in [-0.05, 0) is 13.0 Å². The molecule has 0 amide bonds. The number of rotatable bonds is 2. The minimum absolute atomic E-state index is 0.0535. The minimum atomic E-state index is -0.0535. The Bertz CT molecular complexity index is 196. The van der Waals surface area contributed by atoms with Gasteiger partial charge in [0, 0.05) is 25.7 Å². The summed E-state index contributed by atoms with van der Waals surface area (Å²) in [5, 5.41) is 3.32. The van der Waals surface area contributed by atoms with E-state index in [1.165, 1.54) is 13.5 Å². The SMILES string of the molecule is COC(=O)C1CN([C@@H]2CCNC2)C1. The molecule has 0 unspecified atom stereocenters. The van der Waals surface area contributed by atoms with Crippen molar-refractivity contribution in [3.05, 3.63) is 0 Å². The summed E-state index contributed by atoms with van der Waals surface area (Å²) in [5.74, 6) is 0.0767. The topological polar surface area (TPSA) is 41.6 Å². The van der Waals surface area contributed by atoms with Crippen molar-refractivity contribution in [1.29, 1.82) is 0 Å². The summed E-state index contributed by atoms with van der Waals surface area (Å²) in [6, 6.07) is 0.654. The smallest absolute Gasteiger partial charge is 0.311 e. The highest BCUT2D eigenvalue weighted by Crippen LogP contribution is 2.22. The Morgan fingerprint density at radius 3 is 2.85 bits per heavy atom. The highest BCUT2D eigenvalue weighted by Gasteiger charge is 2.37. The maximum atomic E-state index is 11.1. The van der Waals surface area contributed by atoms with E-state index in [0.717, 1.165) is 26.2 Å². The van der Waals surface area contributed by atoms with Gasteiger partial charge in [0.2, 0.25) is 0 Å². The van der Waals surface area contributed by atoms with Gasteiger partial charge in [0.05, 0.1) is 13.0 Å². The molecule has 1 N–H and O–H groups in total. The largest absolute Gasteiger partial charge is 0.469 e. The van der Waals surface area contributed by atoms with Crippen molar-refractivity contribution in [2.45, 2.75) is 12.5 Å². The second-order valence-electron chi connectivity index (χ2n) is 3.82. The number of hydrogen-bond acceptors (Lipinski definition) is 4. The highest BCUT2D eigenvalue weighted by atomic mass is 16.5. The van der Waals surface area contributed by atoms with Crippen LogP contribution < -0.4 is 5.32 Å². The first kappa shape index (κ1) is 8.97. The monoisotopic (exact) mass is 184 g/mol. The quantitative estimate of drug-likeness (QED) is 0.585. The molecule has 2 heterocycles. The van der Waals surface area contributed by atoms with Gasteiger partial charge in [-0.3, -0.25) is 9.69 Å². The lowest BCUT2D eigenvalue weighted by Gasteiger charge is -2.41. The molecule has 2 saturated heterocycles. The van der Waals surface area contributed by atoms with Gasteiger partial charge >= 0.3 is 5.97 Å². The summed E-state index contributed by atoms with van der Waals surface area (Å²) in [5.41, 5.74) is 0. The van der Waals surface area contributed by atoms with Crippen LogP contribution in [0.2, 0.25) is 0 Å². The summed E-state index contributed by atoms with van der Waals surface area (Å²) >= 11 is 0. The van der Waals surface area contributed by atoms with Gasteiger partial charge in [0.1, 0.15) is 0 Å². The molecule has 0 aromatic rings. The van der Waals surface area contributed by atoms with Gasteiger partial charge in [-0.1, -0.05) is 0 Å². The molecule has 0 aromatic heterocycles. The average Bonchev–Trinajstić information content (AvgIpc) is 2.54. The third-order valence-electron chi connectivity index (χ3n) is 3.00. The van der Waals surface area contributed by atoms with E-state index in [1.807, 2.05) is 0 Å². The number of methoxy groups -OCH3 is 1. The number of esters is 1. The van der Waals surface area contributed by atoms with Gasteiger partial charge in [0.25, 0.3) is 0 Å². The lowest BCUT2D eigenvalue weighted by molar-refractivity contribution is -0.152. The van der Waals surface area contributed by atoms with Crippen LogP contribution in [0.1, 0.15) is 6.42 Å². The van der Waals surface area contributed by atoms with Crippen LogP contribution in [-0.4, -0.2) is 50.2 Å². The Balaban J connectivity index is 1.74. The van der Waals surface area contributed by atoms with E-state index < -0.39 is 0 Å². The molecule has 74 valence electrons. The van der Waals surface area contributed by atoms with E-state index in [1.54, 1.807) is 0 Å². The van der Waals surface area contributed by atoms with Crippen LogP contribution >= 0.6 is 0 Å². The van der Waals surface area contributed by atoms with Crippen molar-refractivity contribution < 1.29 is 9.53 Å². The fourth-order valence-electron chi connectivity index (χ4n) is 2.08. The maximum Gasteiger partial charge on any atom is 0.311 e. The van der Waals surface area contributed by atoms with Gasteiger partial charge in [-0.25, -0.2) is 0 Å². The second-order valence-corrected chi connectivity index (χ2v) is 3.82. The lowest BCUT2D eigenvalue weighted by atomic mass is 9.97. The fraction of sp³-hybridized carbons (Fsp3) is 0.889. The van der Waals surface area contributed by atoms with E-state index in [0.29, 0.717) is 6.04 Å². The highest BCUT2D eigenvalue weighted by molar-refractivity contribution is 5.73. The molecule has 4 nitrogen and oxygen atoms in total. The normalized spacial score (nSPS) is 30.1. The predicted octanol–water partition coefficient (Wildman–Crippen LogP) is -0.547. The van der Waals surface area contributed by atoms with Gasteiger partial charge in [-0.15, -0.1) is 0 Å². The molecule has 0 spiro atoms. The Labute approximate surface area is 78.2 Å². The lowest BCUT2D eigenvalue weighted by Crippen LogP contribution is -2.55. The summed E-state index contributed by atoms with van der Waals surface area (Å²) in [6.45, 7) is 3.97. The first-order valence-electron chi connectivity index (χ1n) is 4.84. The number of carbonyl (C=O) groups is 1. The Kier molecular flexibility index (Phi) is 2.51. The summed E-state index contributed by atoms with van der Waals surface area (Å²) in [7, 11) is 1.46. The van der Waals surface area contributed by atoms with Crippen molar-refractivity contribution >= 4 is 5.97 Å². The second kappa shape index (κ2) is 3.64. The molecule has 0 saturated carbocycles. The molecule has 0 bridgehead atoms.